The number of nitrogens with one attached hydrogen (secondary N) is 4. The number of carboxylic acid groups (broad SMARTS) is 1. The van der Waals surface area contributed by atoms with Crippen LogP contribution in [0, 0.1) is 0 Å². The van der Waals surface area contributed by atoms with Gasteiger partial charge in [0.1, 0.15) is 18.1 Å². The van der Waals surface area contributed by atoms with Gasteiger partial charge in [0.05, 0.1) is 19.1 Å². The van der Waals surface area contributed by atoms with Gasteiger partial charge in [0.2, 0.25) is 23.6 Å². The highest BCUT2D eigenvalue weighted by Crippen LogP contribution is 2.05. The van der Waals surface area contributed by atoms with Crippen LogP contribution in [0.4, 0.5) is 0 Å². The van der Waals surface area contributed by atoms with Crippen LogP contribution in [0.1, 0.15) is 19.3 Å². The predicted octanol–water partition coefficient (Wildman–Crippen LogP) is -3.93. The topological polar surface area (TPSA) is 200 Å². The molecule has 0 radical (unpaired) electrons. The van der Waals surface area contributed by atoms with E-state index in [0.717, 1.165) is 6.42 Å². The van der Waals surface area contributed by atoms with Crippen molar-refractivity contribution in [1.29, 1.82) is 0 Å². The lowest BCUT2D eigenvalue weighted by Crippen LogP contribution is -2.58. The Kier molecular flexibility index (Phi) is 9.68. The highest BCUT2D eigenvalue weighted by molar-refractivity contribution is 7.80. The summed E-state index contributed by atoms with van der Waals surface area (Å²) in [5.74, 6) is -4.80. The van der Waals surface area contributed by atoms with Crippen LogP contribution in [-0.2, 0) is 24.0 Å². The van der Waals surface area contributed by atoms with Gasteiger partial charge in [-0.15, -0.1) is 0 Å². The van der Waals surface area contributed by atoms with E-state index in [1.54, 1.807) is 0 Å². The zero-order valence-electron chi connectivity index (χ0n) is 15.0. The van der Waals surface area contributed by atoms with Gasteiger partial charge >= 0.3 is 5.97 Å². The fraction of sp³-hybridized carbons (Fsp3) is 0.667. The van der Waals surface area contributed by atoms with E-state index >= 15 is 0 Å². The largest absolute Gasteiger partial charge is 0.480 e. The van der Waals surface area contributed by atoms with E-state index in [1.165, 1.54) is 0 Å². The maximum Gasteiger partial charge on any atom is 0.326 e. The monoisotopic (exact) mass is 419 g/mol. The van der Waals surface area contributed by atoms with Crippen LogP contribution in [0.25, 0.3) is 0 Å². The van der Waals surface area contributed by atoms with Gasteiger partial charge in [-0.05, 0) is 19.4 Å². The SMILES string of the molecule is NC(=O)CC(NC(=O)C(CS)NC(=O)C(CO)NC(=O)C1CCCN1)C(=O)O. The molecule has 4 unspecified atom stereocenters. The van der Waals surface area contributed by atoms with E-state index in [1.807, 2.05) is 0 Å². The van der Waals surface area contributed by atoms with Crippen molar-refractivity contribution in [2.75, 3.05) is 18.9 Å². The van der Waals surface area contributed by atoms with Crippen molar-refractivity contribution in [3.63, 3.8) is 0 Å². The van der Waals surface area contributed by atoms with E-state index in [2.05, 4.69) is 33.9 Å². The lowest BCUT2D eigenvalue weighted by Gasteiger charge is -2.23. The van der Waals surface area contributed by atoms with Gasteiger partial charge in [0.25, 0.3) is 0 Å². The Morgan fingerprint density at radius 2 is 1.68 bits per heavy atom. The number of rotatable bonds is 11. The van der Waals surface area contributed by atoms with Crippen LogP contribution >= 0.6 is 12.6 Å². The van der Waals surface area contributed by atoms with E-state index < -0.39 is 66.8 Å². The third-order valence-electron chi connectivity index (χ3n) is 4.03. The van der Waals surface area contributed by atoms with Crippen molar-refractivity contribution >= 4 is 42.2 Å². The van der Waals surface area contributed by atoms with Crippen molar-refractivity contribution in [1.82, 2.24) is 21.3 Å². The minimum absolute atomic E-state index is 0.198. The zero-order valence-corrected chi connectivity index (χ0v) is 15.9. The first kappa shape index (κ1) is 23.7. The summed E-state index contributed by atoms with van der Waals surface area (Å²) < 4.78 is 0. The smallest absolute Gasteiger partial charge is 0.326 e. The third kappa shape index (κ3) is 7.32. The summed E-state index contributed by atoms with van der Waals surface area (Å²) in [5.41, 5.74) is 4.94. The summed E-state index contributed by atoms with van der Waals surface area (Å²) in [6.07, 6.45) is 0.785. The number of aliphatic hydroxyl groups is 1. The van der Waals surface area contributed by atoms with Crippen molar-refractivity contribution in [3.05, 3.63) is 0 Å². The number of hydrogen-bond acceptors (Lipinski definition) is 8. The number of aliphatic hydroxyl groups excluding tert-OH is 1. The molecule has 158 valence electrons. The number of carbonyl (C=O) groups is 5. The first-order valence-electron chi connectivity index (χ1n) is 8.56. The Labute approximate surface area is 166 Å². The summed E-state index contributed by atoms with van der Waals surface area (Å²) in [6, 6.07) is -4.59. The normalized spacial score (nSPS) is 19.1. The molecule has 13 heteroatoms. The fourth-order valence-electron chi connectivity index (χ4n) is 2.51. The number of nitrogens with two attached hydrogens (primary N) is 1. The molecule has 0 aromatic carbocycles. The fourth-order valence-corrected chi connectivity index (χ4v) is 2.77. The highest BCUT2D eigenvalue weighted by atomic mass is 32.1. The van der Waals surface area contributed by atoms with Crippen LogP contribution in [0.2, 0.25) is 0 Å². The second-order valence-electron chi connectivity index (χ2n) is 6.21. The molecular formula is C15H25N5O7S. The van der Waals surface area contributed by atoms with Crippen molar-refractivity contribution < 1.29 is 34.2 Å². The van der Waals surface area contributed by atoms with Gasteiger partial charge in [-0.2, -0.15) is 12.6 Å². The third-order valence-corrected chi connectivity index (χ3v) is 4.39. The van der Waals surface area contributed by atoms with E-state index in [4.69, 9.17) is 10.8 Å². The van der Waals surface area contributed by atoms with E-state index in [9.17, 15) is 29.1 Å². The minimum Gasteiger partial charge on any atom is -0.480 e. The van der Waals surface area contributed by atoms with Crippen LogP contribution in [0.15, 0.2) is 0 Å². The molecule has 1 aliphatic heterocycles. The number of amides is 4. The molecule has 0 aromatic rings. The standard InChI is InChI=1S/C15H25N5O7S/c16-11(22)4-8(15(26)27)18-14(25)10(6-28)20-13(24)9(5-21)19-12(23)7-2-1-3-17-7/h7-10,17,21,28H,1-6H2,(H2,16,22)(H,18,25)(H,19,23)(H,20,24)(H,26,27). The Morgan fingerprint density at radius 3 is 2.14 bits per heavy atom. The molecule has 1 saturated heterocycles. The molecule has 1 aliphatic rings. The molecule has 0 saturated carbocycles. The van der Waals surface area contributed by atoms with Crippen molar-refractivity contribution in [3.8, 4) is 0 Å². The van der Waals surface area contributed by atoms with Crippen LogP contribution in [0.3, 0.4) is 0 Å². The second kappa shape index (κ2) is 11.5. The molecule has 1 rings (SSSR count). The minimum atomic E-state index is -1.56. The molecule has 28 heavy (non-hydrogen) atoms. The predicted molar refractivity (Wildman–Crippen MR) is 99.2 cm³/mol. The van der Waals surface area contributed by atoms with Crippen molar-refractivity contribution in [2.24, 2.45) is 5.73 Å². The maximum atomic E-state index is 12.3. The molecule has 0 aromatic heterocycles. The lowest BCUT2D eigenvalue weighted by atomic mass is 10.1. The molecule has 0 aliphatic carbocycles. The number of thiol groups is 1. The summed E-state index contributed by atoms with van der Waals surface area (Å²) in [4.78, 5) is 58.5. The Morgan fingerprint density at radius 1 is 1.07 bits per heavy atom. The van der Waals surface area contributed by atoms with E-state index in [-0.39, 0.29) is 5.75 Å². The molecule has 0 spiro atoms. The summed E-state index contributed by atoms with van der Waals surface area (Å²) >= 11 is 3.94. The molecule has 4 atom stereocenters. The summed E-state index contributed by atoms with van der Waals surface area (Å²) in [6.45, 7) is -0.0311. The second-order valence-corrected chi connectivity index (χ2v) is 6.57. The van der Waals surface area contributed by atoms with Crippen LogP contribution in [0.5, 0.6) is 0 Å². The highest BCUT2D eigenvalue weighted by Gasteiger charge is 2.31. The summed E-state index contributed by atoms with van der Waals surface area (Å²) in [7, 11) is 0. The first-order valence-corrected chi connectivity index (χ1v) is 9.20. The number of carbonyl (C=O) groups excluding carboxylic acids is 4. The van der Waals surface area contributed by atoms with Gasteiger partial charge < -0.3 is 37.2 Å². The molecule has 1 fully saturated rings. The molecule has 4 amide bonds. The molecule has 0 bridgehead atoms. The number of aliphatic carboxylic acids is 1. The Balaban J connectivity index is 2.67. The summed E-state index contributed by atoms with van der Waals surface area (Å²) in [5, 5.41) is 28.1. The molecule has 12 nitrogen and oxygen atoms in total. The van der Waals surface area contributed by atoms with Gasteiger partial charge in [-0.1, -0.05) is 0 Å². The molecule has 1 heterocycles. The maximum absolute atomic E-state index is 12.3. The Bertz CT molecular complexity index is 612. The van der Waals surface area contributed by atoms with E-state index in [0.29, 0.717) is 13.0 Å². The molecular weight excluding hydrogens is 394 g/mol. The van der Waals surface area contributed by atoms with Gasteiger partial charge in [0, 0.05) is 5.75 Å². The van der Waals surface area contributed by atoms with Crippen molar-refractivity contribution in [2.45, 2.75) is 43.4 Å². The zero-order chi connectivity index (χ0) is 21.3. The first-order chi connectivity index (χ1) is 13.2. The van der Waals surface area contributed by atoms with Crippen LogP contribution in [-0.4, -0.2) is 82.9 Å². The quantitative estimate of drug-likeness (QED) is 0.155. The lowest BCUT2D eigenvalue weighted by molar-refractivity contribution is -0.143. The average Bonchev–Trinajstić information content (AvgIpc) is 3.17. The van der Waals surface area contributed by atoms with Gasteiger partial charge in [0.15, 0.2) is 0 Å². The molecule has 8 N–H and O–H groups in total. The average molecular weight is 419 g/mol. The number of primary amides is 1. The Hall–Kier alpha value is -2.38. The number of hydrogen-bond donors (Lipinski definition) is 8. The van der Waals surface area contributed by atoms with Crippen LogP contribution < -0.4 is 27.0 Å². The van der Waals surface area contributed by atoms with Gasteiger partial charge in [-0.25, -0.2) is 4.79 Å². The number of carboxylic acids is 1. The van der Waals surface area contributed by atoms with Gasteiger partial charge in [-0.3, -0.25) is 19.2 Å².